The number of hydrogen-bond donors (Lipinski definition) is 2. The maximum absolute atomic E-state index is 16.2. The summed E-state index contributed by atoms with van der Waals surface area (Å²) in [6.45, 7) is 0. The first-order valence-corrected chi connectivity index (χ1v) is 10.8. The van der Waals surface area contributed by atoms with Crippen molar-refractivity contribution in [2.24, 2.45) is 0 Å². The third-order valence-corrected chi connectivity index (χ3v) is 5.52. The molecule has 10 heteroatoms. The van der Waals surface area contributed by atoms with Crippen LogP contribution in [0.1, 0.15) is 11.1 Å². The van der Waals surface area contributed by atoms with Crippen molar-refractivity contribution in [2.75, 3.05) is 11.5 Å². The van der Waals surface area contributed by atoms with Crippen molar-refractivity contribution < 1.29 is 35.8 Å². The monoisotopic (exact) mass is 518 g/mol. The van der Waals surface area contributed by atoms with Crippen molar-refractivity contribution in [3.8, 4) is 23.0 Å². The molecule has 0 spiro atoms. The minimum atomic E-state index is -6.18. The largest absolute Gasteiger partial charge is 0.457 e. The van der Waals surface area contributed by atoms with Crippen LogP contribution < -0.4 is 20.9 Å². The fraction of sp³-hybridized carbons (Fsp3) is 0.111. The first-order chi connectivity index (χ1) is 17.4. The van der Waals surface area contributed by atoms with Gasteiger partial charge in [-0.25, -0.2) is 4.39 Å². The summed E-state index contributed by atoms with van der Waals surface area (Å²) in [5.74, 6) is -4.90. The van der Waals surface area contributed by atoms with Crippen molar-refractivity contribution in [1.29, 1.82) is 0 Å². The van der Waals surface area contributed by atoms with E-state index < -0.39 is 28.9 Å². The summed E-state index contributed by atoms with van der Waals surface area (Å²) in [5.41, 5.74) is 6.08. The van der Waals surface area contributed by atoms with Gasteiger partial charge in [0.25, 0.3) is 0 Å². The van der Waals surface area contributed by atoms with Crippen LogP contribution in [0.2, 0.25) is 0 Å². The second-order valence-corrected chi connectivity index (χ2v) is 8.12. The molecule has 0 fully saturated rings. The van der Waals surface area contributed by atoms with Gasteiger partial charge < -0.3 is 20.9 Å². The number of benzene rings is 4. The summed E-state index contributed by atoms with van der Waals surface area (Å²) in [4.78, 5) is 0. The van der Waals surface area contributed by atoms with Crippen LogP contribution in [0.3, 0.4) is 0 Å². The van der Waals surface area contributed by atoms with E-state index in [-0.39, 0.29) is 11.5 Å². The van der Waals surface area contributed by atoms with Gasteiger partial charge in [0, 0.05) is 22.5 Å². The van der Waals surface area contributed by atoms with Crippen LogP contribution >= 0.6 is 0 Å². The maximum Gasteiger partial charge on any atom is 0.457 e. The minimum absolute atomic E-state index is 0.0958. The summed E-state index contributed by atoms with van der Waals surface area (Å²) < 4.78 is 97.0. The Balaban J connectivity index is 1.68. The zero-order valence-corrected chi connectivity index (χ0v) is 19.0. The lowest BCUT2D eigenvalue weighted by molar-refractivity contribution is -0.323. The predicted molar refractivity (Wildman–Crippen MR) is 128 cm³/mol. The fourth-order valence-corrected chi connectivity index (χ4v) is 3.57. The lowest BCUT2D eigenvalue weighted by Gasteiger charge is -2.35. The number of alkyl halides is 6. The summed E-state index contributed by atoms with van der Waals surface area (Å²) in [7, 11) is 0. The Morgan fingerprint density at radius 2 is 0.703 bits per heavy atom. The standard InChI is InChI=1S/C27H20F6N2O2/c28-25(26(29,30)27(31,32)33,17-1-9-21(10-2-17)36-23-13-5-19(34)6-14-23)18-3-11-22(12-4-18)37-24-15-7-20(35)8-16-24/h1-16H,34-35H2. The topological polar surface area (TPSA) is 70.5 Å². The lowest BCUT2D eigenvalue weighted by Crippen LogP contribution is -2.53. The van der Waals surface area contributed by atoms with Crippen LogP contribution in [-0.4, -0.2) is 12.1 Å². The van der Waals surface area contributed by atoms with Gasteiger partial charge in [-0.3, -0.25) is 0 Å². The highest BCUT2D eigenvalue weighted by Gasteiger charge is 2.72. The fourth-order valence-electron chi connectivity index (χ4n) is 3.57. The Morgan fingerprint density at radius 1 is 0.432 bits per heavy atom. The summed E-state index contributed by atoms with van der Waals surface area (Å²) >= 11 is 0. The molecule has 0 aromatic heterocycles. The normalized spacial score (nSPS) is 12.3. The van der Waals surface area contributed by atoms with Crippen LogP contribution in [-0.2, 0) is 5.67 Å². The molecule has 0 atom stereocenters. The van der Waals surface area contributed by atoms with Crippen molar-refractivity contribution in [1.82, 2.24) is 0 Å². The van der Waals surface area contributed by atoms with E-state index in [1.54, 1.807) is 24.3 Å². The average Bonchev–Trinajstić information content (AvgIpc) is 2.86. The molecule has 0 saturated heterocycles. The smallest absolute Gasteiger partial charge is 0.457 e. The number of hydrogen-bond acceptors (Lipinski definition) is 4. The molecule has 0 heterocycles. The van der Waals surface area contributed by atoms with E-state index in [0.717, 1.165) is 48.5 Å². The molecule has 4 nitrogen and oxygen atoms in total. The van der Waals surface area contributed by atoms with Gasteiger partial charge in [-0.05, 0) is 72.8 Å². The molecule has 0 aliphatic heterocycles. The van der Waals surface area contributed by atoms with Crippen molar-refractivity contribution >= 4 is 11.4 Å². The van der Waals surface area contributed by atoms with E-state index in [1.807, 2.05) is 0 Å². The van der Waals surface area contributed by atoms with E-state index in [1.165, 1.54) is 24.3 Å². The van der Waals surface area contributed by atoms with Crippen molar-refractivity contribution in [3.63, 3.8) is 0 Å². The van der Waals surface area contributed by atoms with E-state index in [0.29, 0.717) is 22.9 Å². The van der Waals surface area contributed by atoms with Gasteiger partial charge in [-0.2, -0.15) is 22.0 Å². The van der Waals surface area contributed by atoms with Crippen LogP contribution in [0, 0.1) is 0 Å². The second-order valence-electron chi connectivity index (χ2n) is 8.12. The molecule has 0 unspecified atom stereocenters. The number of anilines is 2. The third kappa shape index (κ3) is 5.13. The molecule has 0 amide bonds. The Bertz CT molecular complexity index is 1250. The van der Waals surface area contributed by atoms with Crippen LogP contribution in [0.5, 0.6) is 23.0 Å². The van der Waals surface area contributed by atoms with E-state index in [9.17, 15) is 22.0 Å². The SMILES string of the molecule is Nc1ccc(Oc2ccc(C(F)(c3ccc(Oc4ccc(N)cc4)cc3)C(F)(F)C(F)(F)F)cc2)cc1. The third-order valence-electron chi connectivity index (χ3n) is 5.52. The van der Waals surface area contributed by atoms with Gasteiger partial charge in [-0.1, -0.05) is 24.3 Å². The molecule has 4 aromatic rings. The average molecular weight is 518 g/mol. The summed E-state index contributed by atoms with van der Waals surface area (Å²) in [5, 5.41) is 0. The number of nitrogen functional groups attached to an aromatic ring is 2. The quantitative estimate of drug-likeness (QED) is 0.193. The van der Waals surface area contributed by atoms with Gasteiger partial charge >= 0.3 is 12.1 Å². The summed E-state index contributed by atoms with van der Waals surface area (Å²) in [6.07, 6.45) is -6.18. The second kappa shape index (κ2) is 9.61. The van der Waals surface area contributed by atoms with Crippen LogP contribution in [0.4, 0.5) is 37.7 Å². The lowest BCUT2D eigenvalue weighted by atomic mass is 9.82. The Labute approximate surface area is 208 Å². The van der Waals surface area contributed by atoms with Crippen molar-refractivity contribution in [3.05, 3.63) is 108 Å². The van der Waals surface area contributed by atoms with E-state index >= 15 is 4.39 Å². The molecule has 192 valence electrons. The number of nitrogens with two attached hydrogens (primary N) is 2. The van der Waals surface area contributed by atoms with Crippen LogP contribution in [0.25, 0.3) is 0 Å². The van der Waals surface area contributed by atoms with Gasteiger partial charge in [0.1, 0.15) is 23.0 Å². The Hall–Kier alpha value is -4.34. The van der Waals surface area contributed by atoms with Crippen LogP contribution in [0.15, 0.2) is 97.1 Å². The molecular weight excluding hydrogens is 498 g/mol. The van der Waals surface area contributed by atoms with Gasteiger partial charge in [-0.15, -0.1) is 0 Å². The molecular formula is C27H20F6N2O2. The molecule has 4 N–H and O–H groups in total. The molecule has 0 radical (unpaired) electrons. The molecule has 4 aromatic carbocycles. The van der Waals surface area contributed by atoms with Crippen molar-refractivity contribution in [2.45, 2.75) is 17.8 Å². The van der Waals surface area contributed by atoms with E-state index in [2.05, 4.69) is 0 Å². The highest BCUT2D eigenvalue weighted by atomic mass is 19.4. The highest BCUT2D eigenvalue weighted by Crippen LogP contribution is 2.54. The highest BCUT2D eigenvalue weighted by molar-refractivity contribution is 5.47. The Kier molecular flexibility index (Phi) is 6.68. The van der Waals surface area contributed by atoms with Gasteiger partial charge in [0.15, 0.2) is 0 Å². The molecule has 0 bridgehead atoms. The maximum atomic E-state index is 16.2. The number of ether oxygens (including phenoxy) is 2. The Morgan fingerprint density at radius 3 is 0.973 bits per heavy atom. The molecule has 0 aliphatic carbocycles. The number of halogens is 6. The first-order valence-electron chi connectivity index (χ1n) is 10.8. The summed E-state index contributed by atoms with van der Waals surface area (Å²) in [6, 6.07) is 20.1. The molecule has 0 aliphatic rings. The van der Waals surface area contributed by atoms with E-state index in [4.69, 9.17) is 20.9 Å². The predicted octanol–water partition coefficient (Wildman–Crippen LogP) is 7.85. The number of rotatable bonds is 7. The molecule has 4 rings (SSSR count). The molecule has 0 saturated carbocycles. The van der Waals surface area contributed by atoms with Gasteiger partial charge in [0.05, 0.1) is 0 Å². The molecule has 37 heavy (non-hydrogen) atoms. The first kappa shape index (κ1) is 25.7. The van der Waals surface area contributed by atoms with Gasteiger partial charge in [0.2, 0.25) is 5.67 Å². The zero-order chi connectivity index (χ0) is 26.8. The zero-order valence-electron chi connectivity index (χ0n) is 19.0. The minimum Gasteiger partial charge on any atom is -0.457 e.